The van der Waals surface area contributed by atoms with Gasteiger partial charge in [0.05, 0.1) is 0 Å². The molecule has 0 heterocycles. The fourth-order valence-corrected chi connectivity index (χ4v) is 6.49. The fraction of sp³-hybridized carbons (Fsp3) is 0.263. The molecule has 1 nitrogen and oxygen atoms in total. The molecule has 0 saturated heterocycles. The van der Waals surface area contributed by atoms with Crippen LogP contribution < -0.4 is 3.61 Å². The van der Waals surface area contributed by atoms with Crippen LogP contribution in [0.15, 0.2) is 68.5 Å². The maximum absolute atomic E-state index is 12.6. The van der Waals surface area contributed by atoms with E-state index in [1.807, 2.05) is 29.7 Å². The van der Waals surface area contributed by atoms with Gasteiger partial charge in [0, 0.05) is 0 Å². The molecule has 0 aliphatic rings. The molecular weight excluding hydrogens is 404 g/mol. The van der Waals surface area contributed by atoms with Crippen molar-refractivity contribution in [2.45, 2.75) is 38.0 Å². The number of benzene rings is 2. The van der Waals surface area contributed by atoms with E-state index < -0.39 is 31.7 Å². The van der Waals surface area contributed by atoms with Crippen LogP contribution in [0.3, 0.4) is 0 Å². The Morgan fingerprint density at radius 2 is 1.77 bits per heavy atom. The molecule has 0 N–H and O–H groups in total. The number of hydrogen-bond acceptors (Lipinski definition) is 1. The van der Waals surface area contributed by atoms with Gasteiger partial charge in [-0.3, -0.25) is 0 Å². The van der Waals surface area contributed by atoms with Crippen molar-refractivity contribution in [3.8, 4) is 0 Å². The third-order valence-corrected chi connectivity index (χ3v) is 8.08. The molecule has 1 atom stereocenters. The van der Waals surface area contributed by atoms with Crippen LogP contribution in [0.25, 0.3) is 0 Å². The molecule has 3 heteroatoms. The average Bonchev–Trinajstić information content (AvgIpc) is 2.54. The molecule has 0 aromatic heterocycles. The molecule has 0 aliphatic carbocycles. The first-order chi connectivity index (χ1) is 10.7. The van der Waals surface area contributed by atoms with Crippen molar-refractivity contribution in [1.82, 2.24) is 0 Å². The second kappa shape index (κ2) is 9.30. The molecule has 2 aromatic carbocycles. The number of hydrogen-bond donors (Lipinski definition) is 0. The second-order valence-corrected chi connectivity index (χ2v) is 9.94. The van der Waals surface area contributed by atoms with Gasteiger partial charge in [-0.05, 0) is 0 Å². The normalized spacial score (nSPS) is 13.1. The summed E-state index contributed by atoms with van der Waals surface area (Å²) < 4.78 is 15.4. The molecule has 22 heavy (non-hydrogen) atoms. The van der Waals surface area contributed by atoms with Crippen molar-refractivity contribution in [2.75, 3.05) is 0 Å². The van der Waals surface area contributed by atoms with Gasteiger partial charge in [-0.1, -0.05) is 0 Å². The molecule has 0 amide bonds. The van der Waals surface area contributed by atoms with Gasteiger partial charge >= 0.3 is 147 Å². The number of rotatable bonds is 7. The van der Waals surface area contributed by atoms with Crippen molar-refractivity contribution in [2.24, 2.45) is 0 Å². The van der Waals surface area contributed by atoms with Gasteiger partial charge in [0.2, 0.25) is 0 Å². The van der Waals surface area contributed by atoms with Crippen molar-refractivity contribution in [3.63, 3.8) is 0 Å². The monoisotopic (exact) mass is 428 g/mol. The molecule has 0 radical (unpaired) electrons. The Balaban J connectivity index is 2.16. The van der Waals surface area contributed by atoms with Crippen LogP contribution in [0, 0.1) is 6.92 Å². The summed E-state index contributed by atoms with van der Waals surface area (Å²) in [5.41, 5.74) is 1.20. The van der Waals surface area contributed by atoms with Crippen LogP contribution in [0.2, 0.25) is 0 Å². The van der Waals surface area contributed by atoms with Gasteiger partial charge in [-0.25, -0.2) is 0 Å². The van der Waals surface area contributed by atoms with Gasteiger partial charge < -0.3 is 0 Å². The van der Waals surface area contributed by atoms with Crippen molar-refractivity contribution in [1.29, 1.82) is 0 Å². The molecule has 0 bridgehead atoms. The zero-order valence-electron chi connectivity index (χ0n) is 13.1. The van der Waals surface area contributed by atoms with E-state index in [4.69, 9.17) is 0 Å². The van der Waals surface area contributed by atoms with E-state index in [9.17, 15) is 4.21 Å². The summed E-state index contributed by atoms with van der Waals surface area (Å²) >= 11 is -0.416. The first-order valence-electron chi connectivity index (χ1n) is 7.60. The molecule has 0 spiro atoms. The van der Waals surface area contributed by atoms with E-state index in [1.165, 1.54) is 25.6 Å². The van der Waals surface area contributed by atoms with Crippen LogP contribution >= 0.6 is 0 Å². The number of allylic oxidation sites excluding steroid dienone is 1. The van der Waals surface area contributed by atoms with Gasteiger partial charge in [0.15, 0.2) is 0 Å². The molecule has 0 fully saturated rings. The summed E-state index contributed by atoms with van der Waals surface area (Å²) in [6.45, 7) is 4.26. The Kier molecular flexibility index (Phi) is 7.39. The zero-order valence-corrected chi connectivity index (χ0v) is 16.3. The first-order valence-corrected chi connectivity index (χ1v) is 11.1. The molecule has 116 valence electrons. The summed E-state index contributed by atoms with van der Waals surface area (Å²) in [5, 5.41) is 2.01. The molecule has 2 rings (SSSR count). The summed E-state index contributed by atoms with van der Waals surface area (Å²) in [6.07, 6.45) is 3.43. The summed E-state index contributed by atoms with van der Waals surface area (Å²) in [7, 11) is -1.03. The van der Waals surface area contributed by atoms with Crippen LogP contribution in [-0.4, -0.2) is 25.1 Å². The quantitative estimate of drug-likeness (QED) is 0.608. The number of unbranched alkanes of at least 4 members (excludes halogenated alkanes) is 1. The minimum atomic E-state index is -1.03. The predicted octanol–water partition coefficient (Wildman–Crippen LogP) is 4.16. The average molecular weight is 426 g/mol. The summed E-state index contributed by atoms with van der Waals surface area (Å²) in [5.74, 6) is 0. The van der Waals surface area contributed by atoms with Crippen LogP contribution in [0.5, 0.6) is 0 Å². The maximum atomic E-state index is 12.6. The minimum absolute atomic E-state index is 0.416. The van der Waals surface area contributed by atoms with Gasteiger partial charge in [-0.2, -0.15) is 0 Å². The van der Waals surface area contributed by atoms with Crippen LogP contribution in [0.1, 0.15) is 31.7 Å². The molecule has 2 aromatic rings. The topological polar surface area (TPSA) is 17.1 Å². The van der Waals surface area contributed by atoms with Crippen molar-refractivity contribution >= 4 is 35.3 Å². The third kappa shape index (κ3) is 5.72. The van der Waals surface area contributed by atoms with Gasteiger partial charge in [0.25, 0.3) is 0 Å². The third-order valence-electron chi connectivity index (χ3n) is 3.26. The summed E-state index contributed by atoms with van der Waals surface area (Å²) in [6, 6.07) is 18.6. The van der Waals surface area contributed by atoms with Crippen molar-refractivity contribution < 1.29 is 4.21 Å². The Labute approximate surface area is 146 Å². The molecule has 0 aliphatic heterocycles. The van der Waals surface area contributed by atoms with Gasteiger partial charge in [-0.15, -0.1) is 0 Å². The van der Waals surface area contributed by atoms with E-state index in [0.717, 1.165) is 11.3 Å². The predicted molar refractivity (Wildman–Crippen MR) is 97.0 cm³/mol. The van der Waals surface area contributed by atoms with Crippen LogP contribution in [0.4, 0.5) is 0 Å². The molecule has 0 saturated carbocycles. The second-order valence-electron chi connectivity index (χ2n) is 5.21. The van der Waals surface area contributed by atoms with E-state index in [0.29, 0.717) is 0 Å². The zero-order chi connectivity index (χ0) is 15.8. The Bertz CT molecular complexity index is 632. The van der Waals surface area contributed by atoms with Crippen LogP contribution in [-0.2, 0) is 10.8 Å². The van der Waals surface area contributed by atoms with E-state index >= 15 is 0 Å². The first kappa shape index (κ1) is 17.5. The molecule has 1 unspecified atom stereocenters. The van der Waals surface area contributed by atoms with Gasteiger partial charge in [0.1, 0.15) is 0 Å². The Hall–Kier alpha value is -0.880. The SMILES string of the molecule is CCCC/C(=C/S(=O)c1ccc(C)cc1)[Te]c1ccccc1. The van der Waals surface area contributed by atoms with Crippen molar-refractivity contribution in [3.05, 3.63) is 69.2 Å². The van der Waals surface area contributed by atoms with E-state index in [1.54, 1.807) is 0 Å². The fourth-order valence-electron chi connectivity index (χ4n) is 1.98. The Morgan fingerprint density at radius 3 is 2.41 bits per heavy atom. The molecular formula is C19H22OSTe. The number of aryl methyl sites for hydroxylation is 1. The van der Waals surface area contributed by atoms with E-state index in [-0.39, 0.29) is 0 Å². The standard InChI is InChI=1S/C19H22OSTe/c1-3-4-8-19(22-18-9-6-5-7-10-18)15-21(20)17-13-11-16(2)12-14-17/h5-7,9-15H,3-4,8H2,1-2H3/b19-15-. The Morgan fingerprint density at radius 1 is 1.09 bits per heavy atom. The van der Waals surface area contributed by atoms with E-state index in [2.05, 4.69) is 44.2 Å². The summed E-state index contributed by atoms with van der Waals surface area (Å²) in [4.78, 5) is 0.903.